The molecule has 0 amide bonds. The maximum Gasteiger partial charge on any atom is 0.310 e. The van der Waals surface area contributed by atoms with Crippen LogP contribution in [0.3, 0.4) is 0 Å². The van der Waals surface area contributed by atoms with Crippen LogP contribution in [0.5, 0.6) is 0 Å². The molecule has 29 heavy (non-hydrogen) atoms. The summed E-state index contributed by atoms with van der Waals surface area (Å²) in [5.74, 6) is -2.50. The molecule has 7 atom stereocenters. The van der Waals surface area contributed by atoms with E-state index in [4.69, 9.17) is 4.74 Å². The number of carboxylic acids is 1. The highest BCUT2D eigenvalue weighted by molar-refractivity contribution is 5.92. The monoisotopic (exact) mass is 400 g/mol. The molecule has 5 rings (SSSR count). The smallest absolute Gasteiger partial charge is 0.310 e. The largest absolute Gasteiger partial charge is 0.481 e. The Kier molecular flexibility index (Phi) is 3.81. The van der Waals surface area contributed by atoms with Gasteiger partial charge in [-0.3, -0.25) is 14.4 Å². The quantitative estimate of drug-likeness (QED) is 0.518. The van der Waals surface area contributed by atoms with Gasteiger partial charge < -0.3 is 14.9 Å². The van der Waals surface area contributed by atoms with Gasteiger partial charge in [0.05, 0.1) is 12.0 Å². The first kappa shape index (κ1) is 19.0. The Morgan fingerprint density at radius 1 is 1.14 bits per heavy atom. The Labute approximate surface area is 170 Å². The van der Waals surface area contributed by atoms with E-state index in [2.05, 4.69) is 13.0 Å². The van der Waals surface area contributed by atoms with Gasteiger partial charge in [0, 0.05) is 29.6 Å². The van der Waals surface area contributed by atoms with E-state index in [1.807, 2.05) is 6.92 Å². The molecule has 0 aromatic rings. The number of esters is 1. The van der Waals surface area contributed by atoms with E-state index in [1.165, 1.54) is 6.08 Å². The summed E-state index contributed by atoms with van der Waals surface area (Å²) in [5.41, 5.74) is 0.297. The third kappa shape index (κ3) is 2.24. The van der Waals surface area contributed by atoms with Crippen LogP contribution >= 0.6 is 0 Å². The number of hydrogen-bond donors (Lipinski definition) is 2. The summed E-state index contributed by atoms with van der Waals surface area (Å²) in [6.07, 6.45) is 6.87. The van der Waals surface area contributed by atoms with Crippen LogP contribution < -0.4 is 0 Å². The van der Waals surface area contributed by atoms with Crippen molar-refractivity contribution in [2.75, 3.05) is 0 Å². The van der Waals surface area contributed by atoms with Crippen molar-refractivity contribution in [3.8, 4) is 0 Å². The zero-order chi connectivity index (χ0) is 20.8. The summed E-state index contributed by atoms with van der Waals surface area (Å²) < 4.78 is 5.90. The number of carbonyl (C=O) groups is 3. The normalized spacial score (nSPS) is 48.4. The zero-order valence-corrected chi connectivity index (χ0v) is 16.9. The van der Waals surface area contributed by atoms with Gasteiger partial charge in [-0.1, -0.05) is 25.5 Å². The predicted molar refractivity (Wildman–Crippen MR) is 103 cm³/mol. The fourth-order valence-corrected chi connectivity index (χ4v) is 7.48. The molecule has 1 aliphatic heterocycles. The Morgan fingerprint density at radius 2 is 1.90 bits per heavy atom. The molecule has 156 valence electrons. The van der Waals surface area contributed by atoms with Gasteiger partial charge in [0.15, 0.2) is 5.78 Å². The number of hydrogen-bond acceptors (Lipinski definition) is 5. The number of fused-ring (bicyclic) bond motifs is 6. The molecule has 2 saturated carbocycles. The molecular formula is C23H28O6. The fraction of sp³-hybridized carbons (Fsp3) is 0.696. The number of allylic oxidation sites excluding steroid dienone is 3. The summed E-state index contributed by atoms with van der Waals surface area (Å²) >= 11 is 0. The molecule has 2 N–H and O–H groups in total. The van der Waals surface area contributed by atoms with Crippen LogP contribution in [0, 0.1) is 28.6 Å². The van der Waals surface area contributed by atoms with Crippen LogP contribution in [-0.2, 0) is 19.1 Å². The van der Waals surface area contributed by atoms with Gasteiger partial charge >= 0.3 is 11.9 Å². The molecule has 2 unspecified atom stereocenters. The lowest BCUT2D eigenvalue weighted by molar-refractivity contribution is -0.165. The van der Waals surface area contributed by atoms with Gasteiger partial charge in [0.2, 0.25) is 0 Å². The minimum absolute atomic E-state index is 0.0279. The molecule has 4 aliphatic carbocycles. The molecule has 1 saturated heterocycles. The number of rotatable bonds is 1. The van der Waals surface area contributed by atoms with Crippen molar-refractivity contribution in [1.82, 2.24) is 0 Å². The van der Waals surface area contributed by atoms with Crippen molar-refractivity contribution in [2.45, 2.75) is 70.5 Å². The van der Waals surface area contributed by atoms with Crippen LogP contribution in [0.1, 0.15) is 58.8 Å². The SMILES string of the molecule is C[C@]12CCC(=O)C=C1[C@H](O)[C@@H](C(=O)O)C1C2=CC[C@@]2(C)C1CC[C@@]21CCC(=O)O1. The number of aliphatic hydroxyl groups is 1. The van der Waals surface area contributed by atoms with E-state index < -0.39 is 29.0 Å². The first-order valence-electron chi connectivity index (χ1n) is 10.7. The molecule has 5 aliphatic rings. The van der Waals surface area contributed by atoms with Gasteiger partial charge in [0.25, 0.3) is 0 Å². The van der Waals surface area contributed by atoms with E-state index in [1.54, 1.807) is 0 Å². The lowest BCUT2D eigenvalue weighted by atomic mass is 9.47. The Morgan fingerprint density at radius 3 is 2.55 bits per heavy atom. The highest BCUT2D eigenvalue weighted by Gasteiger charge is 2.68. The van der Waals surface area contributed by atoms with Gasteiger partial charge in [-0.15, -0.1) is 0 Å². The Balaban J connectivity index is 1.66. The minimum atomic E-state index is -1.17. The van der Waals surface area contributed by atoms with Gasteiger partial charge in [0.1, 0.15) is 5.60 Å². The van der Waals surface area contributed by atoms with Crippen LogP contribution in [0.4, 0.5) is 0 Å². The fourth-order valence-electron chi connectivity index (χ4n) is 7.48. The molecule has 1 heterocycles. The first-order valence-corrected chi connectivity index (χ1v) is 10.7. The molecule has 0 aromatic heterocycles. The van der Waals surface area contributed by atoms with Crippen molar-refractivity contribution >= 4 is 17.7 Å². The summed E-state index contributed by atoms with van der Waals surface area (Å²) in [6.45, 7) is 4.19. The highest BCUT2D eigenvalue weighted by Crippen LogP contribution is 2.68. The topological polar surface area (TPSA) is 101 Å². The highest BCUT2D eigenvalue weighted by atomic mass is 16.6. The average molecular weight is 400 g/mol. The molecule has 0 aromatic carbocycles. The second kappa shape index (κ2) is 5.81. The molecule has 3 fully saturated rings. The number of aliphatic hydroxyl groups excluding tert-OH is 1. The first-order chi connectivity index (χ1) is 13.6. The Hall–Kier alpha value is -1.95. The average Bonchev–Trinajstić information content (AvgIpc) is 3.17. The van der Waals surface area contributed by atoms with Gasteiger partial charge in [-0.05, 0) is 49.7 Å². The van der Waals surface area contributed by atoms with Gasteiger partial charge in [-0.25, -0.2) is 0 Å². The zero-order valence-electron chi connectivity index (χ0n) is 16.9. The summed E-state index contributed by atoms with van der Waals surface area (Å²) in [4.78, 5) is 36.4. The van der Waals surface area contributed by atoms with Crippen molar-refractivity contribution in [3.05, 3.63) is 23.3 Å². The number of carboxylic acid groups (broad SMARTS) is 1. The summed E-state index contributed by atoms with van der Waals surface area (Å²) in [5, 5.41) is 21.3. The lowest BCUT2D eigenvalue weighted by Crippen LogP contribution is -2.57. The second-order valence-electron chi connectivity index (χ2n) is 10.1. The molecule has 0 radical (unpaired) electrons. The van der Waals surface area contributed by atoms with Crippen LogP contribution in [-0.4, -0.2) is 39.6 Å². The van der Waals surface area contributed by atoms with Gasteiger partial charge in [-0.2, -0.15) is 0 Å². The standard InChI is InChI=1S/C23H28O6/c1-21-7-3-12(24)11-15(21)19(26)18(20(27)28)17-13(21)4-8-22(2)14(17)5-9-23(22)10-6-16(25)29-23/h4,11,14,17-19,26H,3,5-10H2,1-2H3,(H,27,28)/t14?,17?,18-,19-,21+,22-,23+/m0/s1. The summed E-state index contributed by atoms with van der Waals surface area (Å²) in [6, 6.07) is 0. The maximum absolute atomic E-state index is 12.4. The number of carbonyl (C=O) groups excluding carboxylic acids is 2. The lowest BCUT2D eigenvalue weighted by Gasteiger charge is -2.57. The number of ether oxygens (including phenoxy) is 1. The predicted octanol–water partition coefficient (Wildman–Crippen LogP) is 2.80. The van der Waals surface area contributed by atoms with Crippen molar-refractivity contribution in [2.24, 2.45) is 28.6 Å². The third-order valence-corrected chi connectivity index (χ3v) is 9.09. The van der Waals surface area contributed by atoms with E-state index in [9.17, 15) is 24.6 Å². The van der Waals surface area contributed by atoms with Crippen LogP contribution in [0.15, 0.2) is 23.3 Å². The minimum Gasteiger partial charge on any atom is -0.481 e. The second-order valence-corrected chi connectivity index (χ2v) is 10.1. The van der Waals surface area contributed by atoms with Crippen LogP contribution in [0.2, 0.25) is 0 Å². The van der Waals surface area contributed by atoms with E-state index >= 15 is 0 Å². The Bertz CT molecular complexity index is 886. The molecular weight excluding hydrogens is 372 g/mol. The van der Waals surface area contributed by atoms with E-state index in [-0.39, 0.29) is 29.0 Å². The molecule has 6 heteroatoms. The molecule has 6 nitrogen and oxygen atoms in total. The number of ketones is 1. The van der Waals surface area contributed by atoms with E-state index in [0.29, 0.717) is 31.3 Å². The van der Waals surface area contributed by atoms with Crippen LogP contribution in [0.25, 0.3) is 0 Å². The molecule has 1 spiro atoms. The van der Waals surface area contributed by atoms with Crippen molar-refractivity contribution in [1.29, 1.82) is 0 Å². The molecule has 0 bridgehead atoms. The number of aliphatic carboxylic acids is 1. The summed E-state index contributed by atoms with van der Waals surface area (Å²) in [7, 11) is 0. The third-order valence-electron chi connectivity index (χ3n) is 9.09. The maximum atomic E-state index is 12.4. The van der Waals surface area contributed by atoms with Crippen molar-refractivity contribution in [3.63, 3.8) is 0 Å². The van der Waals surface area contributed by atoms with Crippen molar-refractivity contribution < 1.29 is 29.3 Å². The van der Waals surface area contributed by atoms with E-state index in [0.717, 1.165) is 24.8 Å².